The fourth-order valence-electron chi connectivity index (χ4n) is 6.25. The summed E-state index contributed by atoms with van der Waals surface area (Å²) in [4.78, 5) is 17.0. The SMILES string of the molecule is O=C(NC(C1CCCCC1)C12CC(c3ccccc3)(C1)C2)c1cccnc1. The number of nitrogens with zero attached hydrogens (tertiary/aromatic N) is 1. The fraction of sp³-hybridized carbons (Fsp3) is 0.500. The van der Waals surface area contributed by atoms with E-state index in [0.717, 1.165) is 0 Å². The molecule has 2 aromatic rings. The second-order valence-corrected chi connectivity index (χ2v) is 9.13. The van der Waals surface area contributed by atoms with E-state index < -0.39 is 0 Å². The van der Waals surface area contributed by atoms with Crippen LogP contribution in [0.3, 0.4) is 0 Å². The Bertz CT molecular complexity index is 791. The van der Waals surface area contributed by atoms with Crippen molar-refractivity contribution < 1.29 is 4.79 Å². The first-order valence-electron chi connectivity index (χ1n) is 10.5. The van der Waals surface area contributed by atoms with Gasteiger partial charge in [-0.3, -0.25) is 9.78 Å². The molecule has 6 rings (SSSR count). The second kappa shape index (κ2) is 6.47. The molecular formula is C24H28N2O. The highest BCUT2D eigenvalue weighted by molar-refractivity contribution is 5.94. The van der Waals surface area contributed by atoms with Gasteiger partial charge in [-0.15, -0.1) is 0 Å². The number of hydrogen-bond acceptors (Lipinski definition) is 2. The summed E-state index contributed by atoms with van der Waals surface area (Å²) in [6.07, 6.45) is 13.6. The Balaban J connectivity index is 1.35. The number of hydrogen-bond donors (Lipinski definition) is 1. The van der Waals surface area contributed by atoms with Gasteiger partial charge in [-0.2, -0.15) is 0 Å². The Morgan fingerprint density at radius 1 is 1.00 bits per heavy atom. The van der Waals surface area contributed by atoms with Crippen LogP contribution in [0.25, 0.3) is 0 Å². The summed E-state index contributed by atoms with van der Waals surface area (Å²) in [6.45, 7) is 0. The molecule has 4 fully saturated rings. The van der Waals surface area contributed by atoms with E-state index in [9.17, 15) is 4.79 Å². The Hall–Kier alpha value is -2.16. The highest BCUT2D eigenvalue weighted by Crippen LogP contribution is 2.75. The summed E-state index contributed by atoms with van der Waals surface area (Å²) in [5.41, 5.74) is 2.87. The number of amides is 1. The summed E-state index contributed by atoms with van der Waals surface area (Å²) >= 11 is 0. The standard InChI is InChI=1S/C24H28N2O/c27-22(19-10-7-13-25-14-19)26-21(18-8-3-1-4-9-18)24-15-23(16-24,17-24)20-11-5-2-6-12-20/h2,5-7,10-14,18,21H,1,3-4,8-9,15-17H2,(H,26,27). The minimum Gasteiger partial charge on any atom is -0.348 e. The second-order valence-electron chi connectivity index (χ2n) is 9.13. The molecular weight excluding hydrogens is 332 g/mol. The lowest BCUT2D eigenvalue weighted by atomic mass is 9.30. The first-order valence-corrected chi connectivity index (χ1v) is 10.5. The summed E-state index contributed by atoms with van der Waals surface area (Å²) < 4.78 is 0. The van der Waals surface area contributed by atoms with Crippen LogP contribution in [0.4, 0.5) is 0 Å². The number of rotatable bonds is 5. The predicted molar refractivity (Wildman–Crippen MR) is 106 cm³/mol. The summed E-state index contributed by atoms with van der Waals surface area (Å²) in [6, 6.07) is 15.0. The average Bonchev–Trinajstić information content (AvgIpc) is 2.67. The van der Waals surface area contributed by atoms with E-state index in [0.29, 0.717) is 28.4 Å². The molecule has 1 unspecified atom stereocenters. The minimum atomic E-state index is 0.0529. The smallest absolute Gasteiger partial charge is 0.253 e. The summed E-state index contributed by atoms with van der Waals surface area (Å²) in [7, 11) is 0. The molecule has 0 saturated heterocycles. The molecule has 27 heavy (non-hydrogen) atoms. The third-order valence-electron chi connectivity index (χ3n) is 7.45. The first kappa shape index (κ1) is 17.0. The van der Waals surface area contributed by atoms with Crippen molar-refractivity contribution >= 4 is 5.91 Å². The lowest BCUT2D eigenvalue weighted by Crippen LogP contribution is -2.73. The van der Waals surface area contributed by atoms with E-state index in [1.165, 1.54) is 56.9 Å². The Morgan fingerprint density at radius 2 is 1.74 bits per heavy atom. The Morgan fingerprint density at radius 3 is 2.41 bits per heavy atom. The molecule has 1 amide bonds. The molecule has 1 N–H and O–H groups in total. The van der Waals surface area contributed by atoms with Crippen molar-refractivity contribution in [1.82, 2.24) is 10.3 Å². The molecule has 4 aliphatic carbocycles. The van der Waals surface area contributed by atoms with Gasteiger partial charge in [-0.05, 0) is 66.5 Å². The summed E-state index contributed by atoms with van der Waals surface area (Å²) in [5, 5.41) is 3.47. The number of pyridine rings is 1. The van der Waals surface area contributed by atoms with Crippen LogP contribution in [0.2, 0.25) is 0 Å². The molecule has 0 aliphatic heterocycles. The maximum Gasteiger partial charge on any atom is 0.253 e. The lowest BCUT2D eigenvalue weighted by Gasteiger charge is -2.74. The monoisotopic (exact) mass is 360 g/mol. The van der Waals surface area contributed by atoms with Gasteiger partial charge in [0.15, 0.2) is 0 Å². The van der Waals surface area contributed by atoms with Gasteiger partial charge in [0.05, 0.1) is 5.56 Å². The van der Waals surface area contributed by atoms with Crippen LogP contribution in [0.5, 0.6) is 0 Å². The van der Waals surface area contributed by atoms with Crippen molar-refractivity contribution in [2.45, 2.75) is 62.8 Å². The third-order valence-corrected chi connectivity index (χ3v) is 7.45. The quantitative estimate of drug-likeness (QED) is 0.825. The Labute approximate surface area is 161 Å². The van der Waals surface area contributed by atoms with E-state index in [1.807, 2.05) is 12.1 Å². The maximum atomic E-state index is 12.9. The number of carbonyl (C=O) groups is 1. The molecule has 140 valence electrons. The minimum absolute atomic E-state index is 0.0529. The molecule has 1 heterocycles. The van der Waals surface area contributed by atoms with Crippen molar-refractivity contribution in [2.24, 2.45) is 11.3 Å². The molecule has 3 nitrogen and oxygen atoms in total. The maximum absolute atomic E-state index is 12.9. The van der Waals surface area contributed by atoms with E-state index in [1.54, 1.807) is 12.4 Å². The molecule has 1 atom stereocenters. The van der Waals surface area contributed by atoms with Crippen LogP contribution in [0.15, 0.2) is 54.9 Å². The Kier molecular flexibility index (Phi) is 4.07. The number of benzene rings is 1. The van der Waals surface area contributed by atoms with Crippen molar-refractivity contribution in [3.8, 4) is 0 Å². The van der Waals surface area contributed by atoms with E-state index in [4.69, 9.17) is 0 Å². The van der Waals surface area contributed by atoms with Gasteiger partial charge in [-0.25, -0.2) is 0 Å². The zero-order valence-corrected chi connectivity index (χ0v) is 15.9. The van der Waals surface area contributed by atoms with E-state index >= 15 is 0 Å². The van der Waals surface area contributed by atoms with Crippen molar-refractivity contribution in [3.63, 3.8) is 0 Å². The largest absolute Gasteiger partial charge is 0.348 e. The number of nitrogens with one attached hydrogen (secondary N) is 1. The molecule has 3 heteroatoms. The molecule has 4 aliphatic rings. The van der Waals surface area contributed by atoms with Crippen molar-refractivity contribution in [1.29, 1.82) is 0 Å². The van der Waals surface area contributed by atoms with Gasteiger partial charge in [0.1, 0.15) is 0 Å². The van der Waals surface area contributed by atoms with Crippen molar-refractivity contribution in [2.75, 3.05) is 0 Å². The van der Waals surface area contributed by atoms with Crippen LogP contribution in [-0.2, 0) is 5.41 Å². The summed E-state index contributed by atoms with van der Waals surface area (Å²) in [5.74, 6) is 0.686. The number of aromatic nitrogens is 1. The van der Waals surface area contributed by atoms with Crippen LogP contribution in [0, 0.1) is 11.3 Å². The predicted octanol–water partition coefficient (Wildman–Crippen LogP) is 4.88. The number of carbonyl (C=O) groups excluding carboxylic acids is 1. The average molecular weight is 361 g/mol. The highest BCUT2D eigenvalue weighted by Gasteiger charge is 2.71. The first-order chi connectivity index (χ1) is 13.2. The van der Waals surface area contributed by atoms with Crippen LogP contribution in [0.1, 0.15) is 67.3 Å². The van der Waals surface area contributed by atoms with Gasteiger partial charge in [0.25, 0.3) is 5.91 Å². The molecule has 4 saturated carbocycles. The molecule has 1 aromatic carbocycles. The molecule has 2 bridgehead atoms. The van der Waals surface area contributed by atoms with E-state index in [2.05, 4.69) is 40.6 Å². The van der Waals surface area contributed by atoms with Gasteiger partial charge in [0, 0.05) is 18.4 Å². The fourth-order valence-corrected chi connectivity index (χ4v) is 6.25. The van der Waals surface area contributed by atoms with E-state index in [-0.39, 0.29) is 5.91 Å². The molecule has 0 spiro atoms. The zero-order chi connectivity index (χ0) is 18.3. The van der Waals surface area contributed by atoms with Crippen molar-refractivity contribution in [3.05, 3.63) is 66.0 Å². The third kappa shape index (κ3) is 2.79. The molecule has 1 aromatic heterocycles. The topological polar surface area (TPSA) is 42.0 Å². The normalized spacial score (nSPS) is 30.7. The van der Waals surface area contributed by atoms with Gasteiger partial charge in [-0.1, -0.05) is 49.6 Å². The van der Waals surface area contributed by atoms with Gasteiger partial charge < -0.3 is 5.32 Å². The van der Waals surface area contributed by atoms with Crippen LogP contribution in [-0.4, -0.2) is 16.9 Å². The van der Waals surface area contributed by atoms with Crippen LogP contribution < -0.4 is 5.32 Å². The van der Waals surface area contributed by atoms with Gasteiger partial charge >= 0.3 is 0 Å². The lowest BCUT2D eigenvalue weighted by molar-refractivity contribution is -0.175. The highest BCUT2D eigenvalue weighted by atomic mass is 16.1. The molecule has 0 radical (unpaired) electrons. The van der Waals surface area contributed by atoms with Crippen LogP contribution >= 0.6 is 0 Å². The van der Waals surface area contributed by atoms with Gasteiger partial charge in [0.2, 0.25) is 0 Å². The zero-order valence-electron chi connectivity index (χ0n) is 15.9.